The Labute approximate surface area is 90.7 Å². The summed E-state index contributed by atoms with van der Waals surface area (Å²) < 4.78 is 0. The summed E-state index contributed by atoms with van der Waals surface area (Å²) in [6.07, 6.45) is 4.81. The van der Waals surface area contributed by atoms with E-state index in [4.69, 9.17) is 5.73 Å². The van der Waals surface area contributed by atoms with E-state index < -0.39 is 0 Å². The lowest BCUT2D eigenvalue weighted by Gasteiger charge is -2.23. The van der Waals surface area contributed by atoms with Crippen molar-refractivity contribution in [3.05, 3.63) is 24.0 Å². The van der Waals surface area contributed by atoms with Crippen molar-refractivity contribution in [2.24, 2.45) is 5.41 Å². The van der Waals surface area contributed by atoms with Crippen LogP contribution in [0.5, 0.6) is 0 Å². The number of hydrogen-bond donors (Lipinski definition) is 1. The van der Waals surface area contributed by atoms with Gasteiger partial charge in [-0.2, -0.15) is 0 Å². The molecular weight excluding hydrogens is 188 g/mol. The number of rotatable bonds is 4. The van der Waals surface area contributed by atoms with E-state index in [-0.39, 0.29) is 11.2 Å². The fourth-order valence-electron chi connectivity index (χ4n) is 1.84. The van der Waals surface area contributed by atoms with Crippen LogP contribution in [0.15, 0.2) is 18.5 Å². The molecule has 1 heterocycles. The van der Waals surface area contributed by atoms with Crippen molar-refractivity contribution in [3.63, 3.8) is 0 Å². The molecule has 0 saturated carbocycles. The standard InChI is InChI=1S/C12H18N2O/c1-9(15)6-12(2,3)7-10-8-14-5-4-11(10)13/h4-5,8H,6-7H2,1-3H3,(H2,13,14). The van der Waals surface area contributed by atoms with Crippen LogP contribution >= 0.6 is 0 Å². The smallest absolute Gasteiger partial charge is 0.130 e. The number of nitrogens with zero attached hydrogens (tertiary/aromatic N) is 1. The number of carbonyl (C=O) groups excluding carboxylic acids is 1. The van der Waals surface area contributed by atoms with E-state index in [2.05, 4.69) is 18.8 Å². The van der Waals surface area contributed by atoms with Gasteiger partial charge in [0.05, 0.1) is 0 Å². The molecule has 0 aliphatic carbocycles. The van der Waals surface area contributed by atoms with Crippen molar-refractivity contribution in [3.8, 4) is 0 Å². The predicted octanol–water partition coefficient (Wildman–Crippen LogP) is 2.21. The summed E-state index contributed by atoms with van der Waals surface area (Å²) in [7, 11) is 0. The van der Waals surface area contributed by atoms with Gasteiger partial charge in [-0.3, -0.25) is 4.98 Å². The van der Waals surface area contributed by atoms with Crippen LogP contribution in [0, 0.1) is 5.41 Å². The third-order valence-electron chi connectivity index (χ3n) is 2.34. The first-order chi connectivity index (χ1) is 6.91. The van der Waals surface area contributed by atoms with Crippen LogP contribution in [-0.2, 0) is 11.2 Å². The molecule has 1 aromatic heterocycles. The van der Waals surface area contributed by atoms with E-state index in [1.54, 1.807) is 25.4 Å². The molecule has 0 aliphatic rings. The van der Waals surface area contributed by atoms with Crippen LogP contribution in [-0.4, -0.2) is 10.8 Å². The molecule has 82 valence electrons. The highest BCUT2D eigenvalue weighted by Gasteiger charge is 2.21. The Balaban J connectivity index is 2.77. The summed E-state index contributed by atoms with van der Waals surface area (Å²) in [6, 6.07) is 1.79. The predicted molar refractivity (Wildman–Crippen MR) is 61.4 cm³/mol. The van der Waals surface area contributed by atoms with Crippen molar-refractivity contribution in [1.82, 2.24) is 4.98 Å². The van der Waals surface area contributed by atoms with E-state index >= 15 is 0 Å². The first-order valence-corrected chi connectivity index (χ1v) is 5.08. The molecule has 0 saturated heterocycles. The van der Waals surface area contributed by atoms with Crippen molar-refractivity contribution >= 4 is 11.5 Å². The molecule has 0 spiro atoms. The normalized spacial score (nSPS) is 11.4. The molecule has 2 N–H and O–H groups in total. The molecule has 0 amide bonds. The van der Waals surface area contributed by atoms with E-state index in [0.29, 0.717) is 6.42 Å². The van der Waals surface area contributed by atoms with Gasteiger partial charge in [0.15, 0.2) is 0 Å². The van der Waals surface area contributed by atoms with Crippen molar-refractivity contribution < 1.29 is 4.79 Å². The fraction of sp³-hybridized carbons (Fsp3) is 0.500. The van der Waals surface area contributed by atoms with Crippen LogP contribution in [0.4, 0.5) is 5.69 Å². The van der Waals surface area contributed by atoms with Gasteiger partial charge < -0.3 is 10.5 Å². The second-order valence-corrected chi connectivity index (χ2v) is 4.79. The molecule has 0 fully saturated rings. The molecule has 15 heavy (non-hydrogen) atoms. The Morgan fingerprint density at radius 2 is 2.20 bits per heavy atom. The maximum Gasteiger partial charge on any atom is 0.130 e. The molecule has 0 radical (unpaired) electrons. The van der Waals surface area contributed by atoms with Crippen LogP contribution in [0.25, 0.3) is 0 Å². The van der Waals surface area contributed by atoms with Crippen molar-refractivity contribution in [1.29, 1.82) is 0 Å². The summed E-state index contributed by atoms with van der Waals surface area (Å²) in [5, 5.41) is 0. The molecule has 0 aromatic carbocycles. The zero-order chi connectivity index (χ0) is 11.5. The zero-order valence-electron chi connectivity index (χ0n) is 9.58. The topological polar surface area (TPSA) is 56.0 Å². The van der Waals surface area contributed by atoms with Crippen LogP contribution in [0.3, 0.4) is 0 Å². The summed E-state index contributed by atoms with van der Waals surface area (Å²) in [6.45, 7) is 5.76. The molecule has 1 aromatic rings. The first-order valence-electron chi connectivity index (χ1n) is 5.08. The lowest BCUT2D eigenvalue weighted by molar-refractivity contribution is -0.118. The highest BCUT2D eigenvalue weighted by molar-refractivity contribution is 5.76. The number of nitrogens with two attached hydrogens (primary N) is 1. The number of carbonyl (C=O) groups is 1. The highest BCUT2D eigenvalue weighted by atomic mass is 16.1. The Kier molecular flexibility index (Phi) is 3.45. The monoisotopic (exact) mass is 206 g/mol. The maximum atomic E-state index is 11.1. The van der Waals surface area contributed by atoms with Gasteiger partial charge >= 0.3 is 0 Å². The quantitative estimate of drug-likeness (QED) is 0.821. The summed E-state index contributed by atoms with van der Waals surface area (Å²) >= 11 is 0. The van der Waals surface area contributed by atoms with Crippen molar-refractivity contribution in [2.45, 2.75) is 33.6 Å². The van der Waals surface area contributed by atoms with Gasteiger partial charge in [0.2, 0.25) is 0 Å². The zero-order valence-corrected chi connectivity index (χ0v) is 9.58. The third kappa shape index (κ3) is 3.70. The Morgan fingerprint density at radius 1 is 1.53 bits per heavy atom. The summed E-state index contributed by atoms with van der Waals surface area (Å²) in [4.78, 5) is 15.1. The highest BCUT2D eigenvalue weighted by Crippen LogP contribution is 2.28. The van der Waals surface area contributed by atoms with Crippen LogP contribution < -0.4 is 5.73 Å². The van der Waals surface area contributed by atoms with Gasteiger partial charge in [-0.25, -0.2) is 0 Å². The largest absolute Gasteiger partial charge is 0.398 e. The number of aromatic nitrogens is 1. The Bertz CT molecular complexity index is 358. The minimum absolute atomic E-state index is 0.0526. The average Bonchev–Trinajstić information content (AvgIpc) is 2.06. The SMILES string of the molecule is CC(=O)CC(C)(C)Cc1cnccc1N. The Morgan fingerprint density at radius 3 is 2.73 bits per heavy atom. The van der Waals surface area contributed by atoms with E-state index in [9.17, 15) is 4.79 Å². The third-order valence-corrected chi connectivity index (χ3v) is 2.34. The average molecular weight is 206 g/mol. The number of ketones is 1. The van der Waals surface area contributed by atoms with Gasteiger partial charge in [-0.1, -0.05) is 13.8 Å². The van der Waals surface area contributed by atoms with E-state index in [1.807, 2.05) is 0 Å². The van der Waals surface area contributed by atoms with E-state index in [1.165, 1.54) is 0 Å². The van der Waals surface area contributed by atoms with Gasteiger partial charge in [-0.15, -0.1) is 0 Å². The molecule has 3 heteroatoms. The molecular formula is C12H18N2O. The lowest BCUT2D eigenvalue weighted by atomic mass is 9.81. The number of nitrogen functional groups attached to an aromatic ring is 1. The molecule has 0 unspecified atom stereocenters. The number of Topliss-reactive ketones (excluding diaryl/α,β-unsaturated/α-hetero) is 1. The maximum absolute atomic E-state index is 11.1. The van der Waals surface area contributed by atoms with Gasteiger partial charge in [0.25, 0.3) is 0 Å². The molecule has 0 aliphatic heterocycles. The first kappa shape index (κ1) is 11.7. The second-order valence-electron chi connectivity index (χ2n) is 4.79. The summed E-state index contributed by atoms with van der Waals surface area (Å²) in [5.41, 5.74) is 7.55. The summed E-state index contributed by atoms with van der Waals surface area (Å²) in [5.74, 6) is 0.211. The molecule has 0 bridgehead atoms. The molecule has 1 rings (SSSR count). The number of hydrogen-bond acceptors (Lipinski definition) is 3. The Hall–Kier alpha value is -1.38. The minimum atomic E-state index is -0.0526. The van der Waals surface area contributed by atoms with Crippen LogP contribution in [0.1, 0.15) is 32.8 Å². The van der Waals surface area contributed by atoms with Crippen LogP contribution in [0.2, 0.25) is 0 Å². The molecule has 0 atom stereocenters. The number of anilines is 1. The molecule has 3 nitrogen and oxygen atoms in total. The minimum Gasteiger partial charge on any atom is -0.398 e. The van der Waals surface area contributed by atoms with Gasteiger partial charge in [0, 0.05) is 24.5 Å². The van der Waals surface area contributed by atoms with Gasteiger partial charge in [-0.05, 0) is 30.4 Å². The van der Waals surface area contributed by atoms with Gasteiger partial charge in [0.1, 0.15) is 5.78 Å². The lowest BCUT2D eigenvalue weighted by Crippen LogP contribution is -2.19. The fourth-order valence-corrected chi connectivity index (χ4v) is 1.84. The van der Waals surface area contributed by atoms with Crippen molar-refractivity contribution in [2.75, 3.05) is 5.73 Å². The van der Waals surface area contributed by atoms with E-state index in [0.717, 1.165) is 17.7 Å². The second kappa shape index (κ2) is 4.43. The number of pyridine rings is 1.